The zero-order valence-corrected chi connectivity index (χ0v) is 15.6. The fourth-order valence-electron chi connectivity index (χ4n) is 3.04. The number of carbonyl (C=O) groups is 2. The summed E-state index contributed by atoms with van der Waals surface area (Å²) in [5, 5.41) is 2.91. The molecule has 2 aromatic carbocycles. The molecule has 0 aromatic heterocycles. The van der Waals surface area contributed by atoms with Crippen LogP contribution in [0.15, 0.2) is 54.6 Å². The van der Waals surface area contributed by atoms with Crippen LogP contribution in [0.3, 0.4) is 0 Å². The van der Waals surface area contributed by atoms with Crippen molar-refractivity contribution >= 4 is 17.6 Å². The number of nitrogens with one attached hydrogen (secondary N) is 1. The standard InChI is InChI=1S/C21H25N3O3/c1-2-23(16-17-8-4-3-5-9-17)21(26)22-19-11-7-6-10-18(19)20(25)24-12-14-27-15-13-24/h3-11H,2,12-16H2,1H3,(H,22,26). The minimum atomic E-state index is -0.219. The van der Waals surface area contributed by atoms with Crippen molar-refractivity contribution in [2.45, 2.75) is 13.5 Å². The molecule has 3 amide bonds. The minimum absolute atomic E-state index is 0.0830. The largest absolute Gasteiger partial charge is 0.378 e. The first-order valence-corrected chi connectivity index (χ1v) is 9.25. The highest BCUT2D eigenvalue weighted by Gasteiger charge is 2.22. The summed E-state index contributed by atoms with van der Waals surface area (Å²) in [7, 11) is 0. The van der Waals surface area contributed by atoms with E-state index >= 15 is 0 Å². The van der Waals surface area contributed by atoms with Gasteiger partial charge in [0.1, 0.15) is 0 Å². The molecule has 1 aliphatic rings. The smallest absolute Gasteiger partial charge is 0.322 e. The van der Waals surface area contributed by atoms with Gasteiger partial charge in [-0.1, -0.05) is 42.5 Å². The SMILES string of the molecule is CCN(Cc1ccccc1)C(=O)Nc1ccccc1C(=O)N1CCOCC1. The van der Waals surface area contributed by atoms with Crippen molar-refractivity contribution in [3.05, 3.63) is 65.7 Å². The fraction of sp³-hybridized carbons (Fsp3) is 0.333. The number of morpholine rings is 1. The molecule has 1 aliphatic heterocycles. The van der Waals surface area contributed by atoms with E-state index in [4.69, 9.17) is 4.74 Å². The topological polar surface area (TPSA) is 61.9 Å². The van der Waals surface area contributed by atoms with E-state index in [1.807, 2.05) is 49.4 Å². The number of benzene rings is 2. The second-order valence-electron chi connectivity index (χ2n) is 6.38. The Bertz CT molecular complexity index is 773. The predicted molar refractivity (Wildman–Crippen MR) is 105 cm³/mol. The molecular weight excluding hydrogens is 342 g/mol. The maximum absolute atomic E-state index is 12.8. The number of ether oxygens (including phenoxy) is 1. The number of hydrogen-bond acceptors (Lipinski definition) is 3. The Balaban J connectivity index is 1.72. The third-order valence-corrected chi connectivity index (χ3v) is 4.58. The average molecular weight is 367 g/mol. The Morgan fingerprint density at radius 3 is 2.41 bits per heavy atom. The molecule has 6 heteroatoms. The van der Waals surface area contributed by atoms with E-state index in [2.05, 4.69) is 5.32 Å². The van der Waals surface area contributed by atoms with Crippen LogP contribution in [0.5, 0.6) is 0 Å². The predicted octanol–water partition coefficient (Wildman–Crippen LogP) is 3.21. The van der Waals surface area contributed by atoms with Gasteiger partial charge in [0, 0.05) is 26.2 Å². The molecule has 3 rings (SSSR count). The molecule has 2 aromatic rings. The molecule has 0 bridgehead atoms. The Hall–Kier alpha value is -2.86. The van der Waals surface area contributed by atoms with E-state index in [0.717, 1.165) is 5.56 Å². The summed E-state index contributed by atoms with van der Waals surface area (Å²) >= 11 is 0. The fourth-order valence-corrected chi connectivity index (χ4v) is 3.04. The molecule has 0 unspecified atom stereocenters. The van der Waals surface area contributed by atoms with Crippen molar-refractivity contribution in [2.75, 3.05) is 38.2 Å². The van der Waals surface area contributed by atoms with Crippen LogP contribution >= 0.6 is 0 Å². The Kier molecular flexibility index (Phi) is 6.44. The maximum Gasteiger partial charge on any atom is 0.322 e. The first-order valence-electron chi connectivity index (χ1n) is 9.25. The van der Waals surface area contributed by atoms with E-state index in [1.54, 1.807) is 21.9 Å². The van der Waals surface area contributed by atoms with Crippen molar-refractivity contribution in [1.82, 2.24) is 9.80 Å². The van der Waals surface area contributed by atoms with Crippen molar-refractivity contribution < 1.29 is 14.3 Å². The lowest BCUT2D eigenvalue weighted by molar-refractivity contribution is 0.0303. The molecule has 27 heavy (non-hydrogen) atoms. The summed E-state index contributed by atoms with van der Waals surface area (Å²) < 4.78 is 5.31. The van der Waals surface area contributed by atoms with Crippen LogP contribution in [0.25, 0.3) is 0 Å². The summed E-state index contributed by atoms with van der Waals surface area (Å²) in [6.07, 6.45) is 0. The lowest BCUT2D eigenvalue weighted by Gasteiger charge is -2.28. The Morgan fingerprint density at radius 2 is 1.70 bits per heavy atom. The summed E-state index contributed by atoms with van der Waals surface area (Å²) in [6, 6.07) is 16.8. The molecule has 6 nitrogen and oxygen atoms in total. The van der Waals surface area contributed by atoms with Crippen LogP contribution in [0.2, 0.25) is 0 Å². The van der Waals surface area contributed by atoms with Gasteiger partial charge < -0.3 is 19.9 Å². The summed E-state index contributed by atoms with van der Waals surface area (Å²) in [6.45, 7) is 5.24. The van der Waals surface area contributed by atoms with E-state index in [0.29, 0.717) is 50.6 Å². The highest BCUT2D eigenvalue weighted by atomic mass is 16.5. The first kappa shape index (κ1) is 18.9. The molecule has 1 N–H and O–H groups in total. The molecule has 1 heterocycles. The van der Waals surface area contributed by atoms with Gasteiger partial charge in [-0.25, -0.2) is 4.79 Å². The van der Waals surface area contributed by atoms with E-state index in [-0.39, 0.29) is 11.9 Å². The lowest BCUT2D eigenvalue weighted by atomic mass is 10.1. The minimum Gasteiger partial charge on any atom is -0.378 e. The van der Waals surface area contributed by atoms with Crippen molar-refractivity contribution in [3.63, 3.8) is 0 Å². The Morgan fingerprint density at radius 1 is 1.04 bits per heavy atom. The van der Waals surface area contributed by atoms with Gasteiger partial charge in [0.15, 0.2) is 0 Å². The second kappa shape index (κ2) is 9.19. The molecule has 1 fully saturated rings. The summed E-state index contributed by atoms with van der Waals surface area (Å²) in [5.41, 5.74) is 2.10. The normalized spacial score (nSPS) is 13.9. The van der Waals surface area contributed by atoms with Crippen LogP contribution in [0.1, 0.15) is 22.8 Å². The third kappa shape index (κ3) is 4.86. The van der Waals surface area contributed by atoms with Crippen LogP contribution in [-0.2, 0) is 11.3 Å². The monoisotopic (exact) mass is 367 g/mol. The van der Waals surface area contributed by atoms with Gasteiger partial charge in [-0.05, 0) is 24.6 Å². The molecule has 0 radical (unpaired) electrons. The lowest BCUT2D eigenvalue weighted by Crippen LogP contribution is -2.41. The highest BCUT2D eigenvalue weighted by molar-refractivity contribution is 6.03. The molecule has 0 aliphatic carbocycles. The number of anilines is 1. The number of nitrogens with zero attached hydrogens (tertiary/aromatic N) is 2. The van der Waals surface area contributed by atoms with Gasteiger partial charge in [-0.2, -0.15) is 0 Å². The van der Waals surface area contributed by atoms with Gasteiger partial charge in [0.25, 0.3) is 5.91 Å². The zero-order chi connectivity index (χ0) is 19.1. The van der Waals surface area contributed by atoms with Gasteiger partial charge in [-0.15, -0.1) is 0 Å². The summed E-state index contributed by atoms with van der Waals surface area (Å²) in [4.78, 5) is 29.1. The zero-order valence-electron chi connectivity index (χ0n) is 15.6. The molecule has 0 atom stereocenters. The molecule has 1 saturated heterocycles. The summed E-state index contributed by atoms with van der Waals surface area (Å²) in [5.74, 6) is -0.0830. The number of para-hydroxylation sites is 1. The van der Waals surface area contributed by atoms with Crippen molar-refractivity contribution in [2.24, 2.45) is 0 Å². The van der Waals surface area contributed by atoms with Crippen LogP contribution in [-0.4, -0.2) is 54.6 Å². The highest BCUT2D eigenvalue weighted by Crippen LogP contribution is 2.19. The van der Waals surface area contributed by atoms with Crippen LogP contribution < -0.4 is 5.32 Å². The third-order valence-electron chi connectivity index (χ3n) is 4.58. The number of amides is 3. The van der Waals surface area contributed by atoms with E-state index in [9.17, 15) is 9.59 Å². The van der Waals surface area contributed by atoms with Gasteiger partial charge in [0.05, 0.1) is 24.5 Å². The van der Waals surface area contributed by atoms with Gasteiger partial charge in [0.2, 0.25) is 0 Å². The van der Waals surface area contributed by atoms with Crippen LogP contribution in [0, 0.1) is 0 Å². The molecular formula is C21H25N3O3. The molecule has 0 spiro atoms. The van der Waals surface area contributed by atoms with E-state index < -0.39 is 0 Å². The average Bonchev–Trinajstić information content (AvgIpc) is 2.73. The van der Waals surface area contributed by atoms with E-state index in [1.165, 1.54) is 0 Å². The first-order chi connectivity index (χ1) is 13.2. The molecule has 142 valence electrons. The number of carbonyl (C=O) groups excluding carboxylic acids is 2. The second-order valence-corrected chi connectivity index (χ2v) is 6.38. The molecule has 0 saturated carbocycles. The maximum atomic E-state index is 12.8. The van der Waals surface area contributed by atoms with Crippen molar-refractivity contribution in [1.29, 1.82) is 0 Å². The van der Waals surface area contributed by atoms with Gasteiger partial charge in [-0.3, -0.25) is 4.79 Å². The van der Waals surface area contributed by atoms with Crippen LogP contribution in [0.4, 0.5) is 10.5 Å². The number of urea groups is 1. The van der Waals surface area contributed by atoms with Gasteiger partial charge >= 0.3 is 6.03 Å². The Labute approximate surface area is 159 Å². The number of hydrogen-bond donors (Lipinski definition) is 1. The van der Waals surface area contributed by atoms with Crippen molar-refractivity contribution in [3.8, 4) is 0 Å². The number of rotatable bonds is 5. The quantitative estimate of drug-likeness (QED) is 0.883.